The minimum absolute atomic E-state index is 0. The third-order valence-electron chi connectivity index (χ3n) is 1.05. The SMILES string of the molecule is CCN(CC)/[N+]([O-])=N\O.[H-].[Na+]. The summed E-state index contributed by atoms with van der Waals surface area (Å²) < 4.78 is 0. The third-order valence-corrected chi connectivity index (χ3v) is 1.05. The zero-order valence-corrected chi connectivity index (χ0v) is 8.61. The molecule has 0 amide bonds. The fourth-order valence-electron chi connectivity index (χ4n) is 0.522. The van der Waals surface area contributed by atoms with Gasteiger partial charge in [0.25, 0.3) is 0 Å². The van der Waals surface area contributed by atoms with Crippen LogP contribution in [0.2, 0.25) is 0 Å². The molecule has 56 valence electrons. The van der Waals surface area contributed by atoms with Gasteiger partial charge in [0.1, 0.15) is 0 Å². The van der Waals surface area contributed by atoms with E-state index in [0.29, 0.717) is 13.1 Å². The van der Waals surface area contributed by atoms with E-state index >= 15 is 0 Å². The van der Waals surface area contributed by atoms with E-state index in [9.17, 15) is 5.21 Å². The molecule has 0 radical (unpaired) electrons. The van der Waals surface area contributed by atoms with E-state index in [2.05, 4.69) is 5.28 Å². The fourth-order valence-corrected chi connectivity index (χ4v) is 0.522. The van der Waals surface area contributed by atoms with Crippen LogP contribution in [0.25, 0.3) is 0 Å². The van der Waals surface area contributed by atoms with Gasteiger partial charge >= 0.3 is 29.6 Å². The number of nitrogens with zero attached hydrogens (tertiary/aromatic N) is 3. The smallest absolute Gasteiger partial charge is 1.00 e. The van der Waals surface area contributed by atoms with Crippen molar-refractivity contribution in [3.05, 3.63) is 5.21 Å². The van der Waals surface area contributed by atoms with Crippen LogP contribution in [0.15, 0.2) is 5.28 Å². The standard InChI is InChI=1S/C4H11N3O2.Na.H/c1-3-6(4-2)7(9)5-8;;/h8H,3-4H2,1-2H3;;/q;+1;-1/b7-5+;;. The summed E-state index contributed by atoms with van der Waals surface area (Å²) in [5.74, 6) is 0. The molecule has 1 N–H and O–H groups in total. The summed E-state index contributed by atoms with van der Waals surface area (Å²) in [6, 6.07) is 0. The van der Waals surface area contributed by atoms with Crippen molar-refractivity contribution in [3.8, 4) is 0 Å². The summed E-state index contributed by atoms with van der Waals surface area (Å²) in [5, 5.41) is 22.1. The van der Waals surface area contributed by atoms with Gasteiger partial charge < -0.3 is 11.8 Å². The topological polar surface area (TPSA) is 61.9 Å². The van der Waals surface area contributed by atoms with Crippen molar-refractivity contribution >= 4 is 0 Å². The van der Waals surface area contributed by atoms with Gasteiger partial charge in [-0.05, 0) is 13.8 Å². The van der Waals surface area contributed by atoms with Crippen LogP contribution in [0.4, 0.5) is 0 Å². The Labute approximate surface area is 83.6 Å². The maximum absolute atomic E-state index is 10.4. The Morgan fingerprint density at radius 1 is 1.60 bits per heavy atom. The van der Waals surface area contributed by atoms with E-state index in [1.165, 1.54) is 5.01 Å². The van der Waals surface area contributed by atoms with E-state index in [1.54, 1.807) is 13.8 Å². The van der Waals surface area contributed by atoms with Crippen LogP contribution in [0.3, 0.4) is 0 Å². The Morgan fingerprint density at radius 2 is 2.00 bits per heavy atom. The molecule has 10 heavy (non-hydrogen) atoms. The van der Waals surface area contributed by atoms with Crippen LogP contribution in [-0.2, 0) is 0 Å². The molecular weight excluding hydrogens is 145 g/mol. The molecule has 0 aliphatic rings. The molecule has 0 unspecified atom stereocenters. The van der Waals surface area contributed by atoms with Crippen LogP contribution in [-0.4, -0.2) is 28.3 Å². The first kappa shape index (κ1) is 12.7. The molecule has 0 atom stereocenters. The molecule has 0 aromatic rings. The Morgan fingerprint density at radius 3 is 2.10 bits per heavy atom. The van der Waals surface area contributed by atoms with Gasteiger partial charge in [-0.1, -0.05) is 0 Å². The van der Waals surface area contributed by atoms with E-state index in [-0.39, 0.29) is 36.0 Å². The van der Waals surface area contributed by atoms with Gasteiger partial charge in [-0.25, -0.2) is 0 Å². The van der Waals surface area contributed by atoms with Gasteiger partial charge in [-0.3, -0.25) is 0 Å². The largest absolute Gasteiger partial charge is 1.00 e. The second-order valence-corrected chi connectivity index (χ2v) is 1.48. The van der Waals surface area contributed by atoms with Crippen LogP contribution < -0.4 is 29.6 Å². The normalized spacial score (nSPS) is 10.4. The maximum atomic E-state index is 10.4. The summed E-state index contributed by atoms with van der Waals surface area (Å²) in [5.41, 5.74) is 0. The summed E-state index contributed by atoms with van der Waals surface area (Å²) in [4.78, 5) is 0.167. The van der Waals surface area contributed by atoms with E-state index < -0.39 is 0 Å². The van der Waals surface area contributed by atoms with Crippen molar-refractivity contribution in [2.24, 2.45) is 5.28 Å². The summed E-state index contributed by atoms with van der Waals surface area (Å²) in [6.45, 7) is 4.70. The first-order chi connectivity index (χ1) is 4.26. The minimum Gasteiger partial charge on any atom is -1.00 e. The Kier molecular flexibility index (Phi) is 9.00. The predicted molar refractivity (Wildman–Crippen MR) is 31.9 cm³/mol. The number of hydrazine groups is 1. The van der Waals surface area contributed by atoms with E-state index in [1.807, 2.05) is 0 Å². The molecule has 5 nitrogen and oxygen atoms in total. The zero-order valence-electron chi connectivity index (χ0n) is 7.61. The molecule has 6 heteroatoms. The quantitative estimate of drug-likeness (QED) is 0.217. The van der Waals surface area contributed by atoms with Crippen LogP contribution in [0, 0.1) is 5.21 Å². The van der Waals surface area contributed by atoms with Crippen molar-refractivity contribution in [1.29, 1.82) is 0 Å². The molecule has 0 bridgehead atoms. The summed E-state index contributed by atoms with van der Waals surface area (Å²) in [7, 11) is 0. The molecular formula is C4H12N3NaO2. The maximum Gasteiger partial charge on any atom is 1.00 e. The number of hydrogen-bond acceptors (Lipinski definition) is 2. The Balaban J connectivity index is -0.000000320. The van der Waals surface area contributed by atoms with Gasteiger partial charge in [0.15, 0.2) is 0 Å². The number of hydrogen-bond donors (Lipinski definition) is 1. The molecule has 0 saturated carbocycles. The summed E-state index contributed by atoms with van der Waals surface area (Å²) >= 11 is 0. The molecule has 0 saturated heterocycles. The molecule has 0 rings (SSSR count). The fraction of sp³-hybridized carbons (Fsp3) is 1.00. The first-order valence-electron chi connectivity index (χ1n) is 2.83. The predicted octanol–water partition coefficient (Wildman–Crippen LogP) is -2.29. The monoisotopic (exact) mass is 157 g/mol. The van der Waals surface area contributed by atoms with Crippen molar-refractivity contribution in [2.45, 2.75) is 13.8 Å². The molecule has 0 fully saturated rings. The van der Waals surface area contributed by atoms with Crippen LogP contribution >= 0.6 is 0 Å². The van der Waals surface area contributed by atoms with Crippen molar-refractivity contribution in [3.63, 3.8) is 0 Å². The molecule has 0 aromatic carbocycles. The molecule has 0 aromatic heterocycles. The molecule has 0 aliphatic heterocycles. The van der Waals surface area contributed by atoms with Crippen molar-refractivity contribution in [2.75, 3.05) is 13.1 Å². The average Bonchev–Trinajstić information content (AvgIpc) is 1.90. The zero-order chi connectivity index (χ0) is 7.28. The Hall–Kier alpha value is 0. The van der Waals surface area contributed by atoms with Gasteiger partial charge in [0.2, 0.25) is 5.28 Å². The molecule has 0 spiro atoms. The Bertz CT molecular complexity index is 110. The van der Waals surface area contributed by atoms with Gasteiger partial charge in [-0.15, -0.1) is 5.01 Å². The first-order valence-corrected chi connectivity index (χ1v) is 2.83. The van der Waals surface area contributed by atoms with E-state index in [4.69, 9.17) is 5.21 Å². The van der Waals surface area contributed by atoms with Gasteiger partial charge in [0.05, 0.1) is 18.1 Å². The molecule has 0 aliphatic carbocycles. The van der Waals surface area contributed by atoms with Crippen molar-refractivity contribution < 1.29 is 41.2 Å². The number of rotatable bonds is 3. The van der Waals surface area contributed by atoms with Crippen LogP contribution in [0.1, 0.15) is 15.3 Å². The van der Waals surface area contributed by atoms with Gasteiger partial charge in [0, 0.05) is 0 Å². The van der Waals surface area contributed by atoms with Crippen molar-refractivity contribution in [1.82, 2.24) is 5.01 Å². The van der Waals surface area contributed by atoms with Gasteiger partial charge in [-0.2, -0.15) is 0 Å². The van der Waals surface area contributed by atoms with Crippen LogP contribution in [0.5, 0.6) is 0 Å². The average molecular weight is 157 g/mol. The van der Waals surface area contributed by atoms with E-state index in [0.717, 1.165) is 0 Å². The molecule has 0 heterocycles. The third kappa shape index (κ3) is 3.92. The second-order valence-electron chi connectivity index (χ2n) is 1.48. The minimum atomic E-state index is 0. The second kappa shape index (κ2) is 7.11. The summed E-state index contributed by atoms with van der Waals surface area (Å²) in [6.07, 6.45) is 0.